The van der Waals surface area contributed by atoms with Crippen LogP contribution in [0.2, 0.25) is 0 Å². The van der Waals surface area contributed by atoms with Crippen LogP contribution < -0.4 is 0 Å². The molecule has 0 spiro atoms. The van der Waals surface area contributed by atoms with Crippen LogP contribution in [0, 0.1) is 0 Å². The van der Waals surface area contributed by atoms with Crippen molar-refractivity contribution in [2.24, 2.45) is 0 Å². The summed E-state index contributed by atoms with van der Waals surface area (Å²) in [6.45, 7) is 3.64. The predicted molar refractivity (Wildman–Crippen MR) is 111 cm³/mol. The fourth-order valence-corrected chi connectivity index (χ4v) is 2.95. The van der Waals surface area contributed by atoms with Gasteiger partial charge in [-0.05, 0) is 13.3 Å². The van der Waals surface area contributed by atoms with Crippen LogP contribution in [0.4, 0.5) is 0 Å². The molecule has 152 valence electrons. The number of ether oxygens (including phenoxy) is 1. The van der Waals surface area contributed by atoms with Crippen molar-refractivity contribution in [2.45, 2.75) is 123 Å². The number of aliphatic carboxylic acids is 1. The van der Waals surface area contributed by atoms with E-state index >= 15 is 0 Å². The molecule has 0 fully saturated rings. The van der Waals surface area contributed by atoms with Crippen LogP contribution in [0.15, 0.2) is 0 Å². The first-order chi connectivity index (χ1) is 12.1. The van der Waals surface area contributed by atoms with E-state index < -0.39 is 18.0 Å². The maximum atomic E-state index is 11.4. The summed E-state index contributed by atoms with van der Waals surface area (Å²) in [4.78, 5) is 22.0. The Morgan fingerprint density at radius 2 is 1.08 bits per heavy atom. The molecule has 0 aliphatic rings. The van der Waals surface area contributed by atoms with E-state index in [1.165, 1.54) is 84.0 Å². The van der Waals surface area contributed by atoms with Crippen LogP contribution in [0.25, 0.3) is 0 Å². The van der Waals surface area contributed by atoms with E-state index in [0.29, 0.717) is 6.42 Å². The fraction of sp³-hybridized carbons (Fsp3) is 0.905. The second kappa shape index (κ2) is 21.5. The molecule has 0 heterocycles. The molecule has 0 aliphatic heterocycles. The maximum absolute atomic E-state index is 11.4. The number of carboxylic acid groups (broad SMARTS) is 1. The van der Waals surface area contributed by atoms with Crippen LogP contribution in [-0.2, 0) is 14.3 Å². The average Bonchev–Trinajstić information content (AvgIpc) is 2.58. The second-order valence-corrected chi connectivity index (χ2v) is 7.17. The fourth-order valence-electron chi connectivity index (χ4n) is 2.95. The molecule has 26 heavy (non-hydrogen) atoms. The topological polar surface area (TPSA) is 63.6 Å². The van der Waals surface area contributed by atoms with E-state index in [1.54, 1.807) is 0 Å². The van der Waals surface area contributed by atoms with Crippen molar-refractivity contribution >= 4 is 49.7 Å². The summed E-state index contributed by atoms with van der Waals surface area (Å²) >= 11 is 0. The minimum atomic E-state index is -1.09. The van der Waals surface area contributed by atoms with Crippen LogP contribution in [0.1, 0.15) is 117 Å². The van der Waals surface area contributed by atoms with Gasteiger partial charge >= 0.3 is 49.7 Å². The molecule has 0 bridgehead atoms. The van der Waals surface area contributed by atoms with Crippen LogP contribution in [-0.4, -0.2) is 60.9 Å². The van der Waals surface area contributed by atoms with Gasteiger partial charge in [-0.3, -0.25) is 4.79 Å². The molecule has 0 aliphatic carbocycles. The zero-order valence-corrected chi connectivity index (χ0v) is 16.6. The standard InChI is InChI=1S/C21H40O4.Ca.2H/c1-3-4-5-6-7-8-9-10-11-12-13-14-15-16-17-18-20(22)25-19(2)21(23)24;;;/h19H,3-18H2,1-2H3,(H,23,24);;;. The van der Waals surface area contributed by atoms with Gasteiger partial charge in [-0.1, -0.05) is 96.8 Å². The summed E-state index contributed by atoms with van der Waals surface area (Å²) in [5.74, 6) is -1.49. The second-order valence-electron chi connectivity index (χ2n) is 7.17. The number of hydrogen-bond acceptors (Lipinski definition) is 3. The van der Waals surface area contributed by atoms with Crippen LogP contribution >= 0.6 is 0 Å². The first kappa shape index (κ1) is 28.4. The van der Waals surface area contributed by atoms with Crippen molar-refractivity contribution in [3.63, 3.8) is 0 Å². The Morgan fingerprint density at radius 3 is 1.42 bits per heavy atom. The third-order valence-electron chi connectivity index (χ3n) is 4.64. The Kier molecular flexibility index (Phi) is 23.5. The van der Waals surface area contributed by atoms with E-state index in [9.17, 15) is 9.59 Å². The third-order valence-corrected chi connectivity index (χ3v) is 4.64. The number of carboxylic acids is 1. The third kappa shape index (κ3) is 20.5. The van der Waals surface area contributed by atoms with E-state index in [-0.39, 0.29) is 37.7 Å². The molecule has 0 radical (unpaired) electrons. The van der Waals surface area contributed by atoms with Gasteiger partial charge in [0.05, 0.1) is 0 Å². The number of esters is 1. The first-order valence-corrected chi connectivity index (χ1v) is 10.5. The number of rotatable bonds is 18. The molecular formula is C21H42CaO4. The number of carbonyl (C=O) groups is 2. The molecule has 4 nitrogen and oxygen atoms in total. The van der Waals surface area contributed by atoms with Crippen molar-refractivity contribution in [1.29, 1.82) is 0 Å². The normalized spacial score (nSPS) is 11.6. The first-order valence-electron chi connectivity index (χ1n) is 10.5. The van der Waals surface area contributed by atoms with Crippen LogP contribution in [0.3, 0.4) is 0 Å². The Balaban J connectivity index is 0. The summed E-state index contributed by atoms with van der Waals surface area (Å²) < 4.78 is 4.79. The summed E-state index contributed by atoms with van der Waals surface area (Å²) in [6, 6.07) is 0. The number of carbonyl (C=O) groups excluding carboxylic acids is 1. The van der Waals surface area contributed by atoms with Crippen molar-refractivity contribution in [3.05, 3.63) is 0 Å². The molecule has 0 aromatic carbocycles. The van der Waals surface area contributed by atoms with Crippen molar-refractivity contribution in [2.75, 3.05) is 0 Å². The van der Waals surface area contributed by atoms with Crippen molar-refractivity contribution < 1.29 is 19.4 Å². The summed E-state index contributed by atoms with van der Waals surface area (Å²) in [5, 5.41) is 8.66. The number of hydrogen-bond donors (Lipinski definition) is 1. The molecule has 0 saturated carbocycles. The molecule has 0 saturated heterocycles. The molecule has 0 amide bonds. The Bertz CT molecular complexity index is 334. The van der Waals surface area contributed by atoms with Crippen molar-refractivity contribution in [3.8, 4) is 0 Å². The molecule has 1 unspecified atom stereocenters. The quantitative estimate of drug-likeness (QED) is 0.192. The van der Waals surface area contributed by atoms with E-state index in [0.717, 1.165) is 19.3 Å². The van der Waals surface area contributed by atoms with Gasteiger partial charge in [-0.25, -0.2) is 4.79 Å². The van der Waals surface area contributed by atoms with Gasteiger partial charge in [0.2, 0.25) is 0 Å². The monoisotopic (exact) mass is 398 g/mol. The molecule has 0 aromatic heterocycles. The van der Waals surface area contributed by atoms with Gasteiger partial charge < -0.3 is 9.84 Å². The molecule has 5 heteroatoms. The van der Waals surface area contributed by atoms with E-state index in [4.69, 9.17) is 9.84 Å². The molecule has 0 aromatic rings. The van der Waals surface area contributed by atoms with Crippen molar-refractivity contribution in [1.82, 2.24) is 0 Å². The minimum absolute atomic E-state index is 0. The SMILES string of the molecule is CCCCCCCCCCCCCCCCCC(=O)OC(C)C(=O)O.[CaH2]. The number of unbranched alkanes of at least 4 members (excludes halogenated alkanes) is 14. The molecule has 0 rings (SSSR count). The average molecular weight is 399 g/mol. The van der Waals surface area contributed by atoms with Gasteiger partial charge in [-0.15, -0.1) is 0 Å². The predicted octanol–water partition coefficient (Wildman–Crippen LogP) is 5.35. The van der Waals surface area contributed by atoms with E-state index in [2.05, 4.69) is 6.92 Å². The summed E-state index contributed by atoms with van der Waals surface area (Å²) in [6.07, 6.45) is 18.6. The molecular weight excluding hydrogens is 356 g/mol. The zero-order valence-electron chi connectivity index (χ0n) is 16.6. The van der Waals surface area contributed by atoms with Gasteiger partial charge in [0.15, 0.2) is 6.10 Å². The van der Waals surface area contributed by atoms with Gasteiger partial charge in [-0.2, -0.15) is 0 Å². The summed E-state index contributed by atoms with van der Waals surface area (Å²) in [5.41, 5.74) is 0. The van der Waals surface area contributed by atoms with Gasteiger partial charge in [0, 0.05) is 6.42 Å². The Morgan fingerprint density at radius 1 is 0.731 bits per heavy atom. The van der Waals surface area contributed by atoms with Gasteiger partial charge in [0.1, 0.15) is 0 Å². The Hall–Kier alpha value is 0.200. The molecule has 1 N–H and O–H groups in total. The molecule has 1 atom stereocenters. The van der Waals surface area contributed by atoms with Gasteiger partial charge in [0.25, 0.3) is 0 Å². The van der Waals surface area contributed by atoms with E-state index in [1.807, 2.05) is 0 Å². The summed E-state index contributed by atoms with van der Waals surface area (Å²) in [7, 11) is 0. The Labute approximate surface area is 190 Å². The zero-order chi connectivity index (χ0) is 18.8. The van der Waals surface area contributed by atoms with Crippen LogP contribution in [0.5, 0.6) is 0 Å².